The molecule has 0 bridgehead atoms. The Kier molecular flexibility index (Phi) is 5.11. The van der Waals surface area contributed by atoms with E-state index in [1.54, 1.807) is 0 Å². The van der Waals surface area contributed by atoms with Crippen LogP contribution in [0.25, 0.3) is 10.8 Å². The Morgan fingerprint density at radius 2 is 2.00 bits per heavy atom. The number of carbonyl (C=O) groups is 1. The van der Waals surface area contributed by atoms with E-state index in [0.717, 1.165) is 25.1 Å². The third kappa shape index (κ3) is 4.20. The lowest BCUT2D eigenvalue weighted by Crippen LogP contribution is -2.54. The summed E-state index contributed by atoms with van der Waals surface area (Å²) in [4.78, 5) is 14.7. The molecule has 0 saturated carbocycles. The molecule has 3 rings (SSSR count). The van der Waals surface area contributed by atoms with Crippen molar-refractivity contribution >= 4 is 16.7 Å². The number of hydrogen-bond acceptors (Lipinski definition) is 3. The van der Waals surface area contributed by atoms with Crippen molar-refractivity contribution in [3.05, 3.63) is 48.0 Å². The summed E-state index contributed by atoms with van der Waals surface area (Å²) in [7, 11) is 0. The molecule has 2 aromatic rings. The number of benzene rings is 2. The second-order valence-corrected chi connectivity index (χ2v) is 7.99. The third-order valence-electron chi connectivity index (χ3n) is 5.41. The van der Waals surface area contributed by atoms with Crippen molar-refractivity contribution in [1.29, 1.82) is 0 Å². The number of nitrogens with zero attached hydrogens (tertiary/aromatic N) is 1. The maximum absolute atomic E-state index is 12.5. The van der Waals surface area contributed by atoms with Gasteiger partial charge < -0.3 is 11.1 Å². The predicted molar refractivity (Wildman–Crippen MR) is 103 cm³/mol. The van der Waals surface area contributed by atoms with Crippen molar-refractivity contribution in [3.8, 4) is 0 Å². The van der Waals surface area contributed by atoms with Gasteiger partial charge in [0.05, 0.1) is 12.6 Å². The number of nitrogens with one attached hydrogen (secondary N) is 1. The zero-order valence-electron chi connectivity index (χ0n) is 15.5. The van der Waals surface area contributed by atoms with E-state index in [2.05, 4.69) is 54.4 Å². The molecule has 1 fully saturated rings. The van der Waals surface area contributed by atoms with Gasteiger partial charge in [-0.1, -0.05) is 50.2 Å². The van der Waals surface area contributed by atoms with Crippen LogP contribution >= 0.6 is 0 Å². The molecule has 2 unspecified atom stereocenters. The van der Waals surface area contributed by atoms with E-state index < -0.39 is 0 Å². The maximum Gasteiger partial charge on any atom is 0.234 e. The largest absolute Gasteiger partial charge is 0.348 e. The van der Waals surface area contributed by atoms with Gasteiger partial charge >= 0.3 is 0 Å². The van der Waals surface area contributed by atoms with E-state index >= 15 is 0 Å². The molecule has 0 aromatic heterocycles. The van der Waals surface area contributed by atoms with Gasteiger partial charge in [-0.2, -0.15) is 0 Å². The van der Waals surface area contributed by atoms with Crippen LogP contribution in [0.1, 0.15) is 38.8 Å². The number of likely N-dealkylation sites (tertiary alicyclic amines) is 1. The van der Waals surface area contributed by atoms with E-state index in [9.17, 15) is 4.79 Å². The Bertz CT molecular complexity index is 756. The van der Waals surface area contributed by atoms with Gasteiger partial charge in [0.15, 0.2) is 0 Å². The number of piperidine rings is 1. The fourth-order valence-electron chi connectivity index (χ4n) is 3.67. The Morgan fingerprint density at radius 1 is 1.28 bits per heavy atom. The standard InChI is InChI=1S/C21H29N3O/c1-15(17-9-8-16-6-4-5-7-18(16)12-17)23-20(25)13-24-11-10-19(22)21(2,3)14-24/h4-9,12,15,19H,10-11,13-14,22H2,1-3H3,(H,23,25). The summed E-state index contributed by atoms with van der Waals surface area (Å²) < 4.78 is 0. The number of amides is 1. The van der Waals surface area contributed by atoms with E-state index in [0.29, 0.717) is 6.54 Å². The highest BCUT2D eigenvalue weighted by atomic mass is 16.2. The summed E-state index contributed by atoms with van der Waals surface area (Å²) in [6.45, 7) is 8.60. The summed E-state index contributed by atoms with van der Waals surface area (Å²) >= 11 is 0. The third-order valence-corrected chi connectivity index (χ3v) is 5.41. The van der Waals surface area contributed by atoms with Crippen LogP contribution in [0, 0.1) is 5.41 Å². The van der Waals surface area contributed by atoms with E-state index in [1.807, 2.05) is 19.1 Å². The molecule has 134 valence electrons. The number of hydrogen-bond donors (Lipinski definition) is 2. The van der Waals surface area contributed by atoms with Gasteiger partial charge in [-0.25, -0.2) is 0 Å². The first-order valence-corrected chi connectivity index (χ1v) is 9.11. The number of fused-ring (bicyclic) bond motifs is 1. The van der Waals surface area contributed by atoms with Gasteiger partial charge in [-0.05, 0) is 41.2 Å². The first-order valence-electron chi connectivity index (χ1n) is 9.11. The van der Waals surface area contributed by atoms with Crippen molar-refractivity contribution in [2.45, 2.75) is 39.3 Å². The SMILES string of the molecule is CC(NC(=O)CN1CCC(N)C(C)(C)C1)c1ccc2ccccc2c1. The van der Waals surface area contributed by atoms with E-state index in [-0.39, 0.29) is 23.4 Å². The van der Waals surface area contributed by atoms with Gasteiger partial charge in [0.25, 0.3) is 0 Å². The van der Waals surface area contributed by atoms with Crippen LogP contribution in [0.4, 0.5) is 0 Å². The van der Waals surface area contributed by atoms with Gasteiger partial charge in [0.1, 0.15) is 0 Å². The minimum absolute atomic E-state index is 0.00263. The molecular formula is C21H29N3O. The Balaban J connectivity index is 1.60. The molecular weight excluding hydrogens is 310 g/mol. The Morgan fingerprint density at radius 3 is 2.72 bits per heavy atom. The summed E-state index contributed by atoms with van der Waals surface area (Å²) in [5.41, 5.74) is 7.37. The van der Waals surface area contributed by atoms with Crippen LogP contribution in [0.3, 0.4) is 0 Å². The molecule has 1 aliphatic rings. The van der Waals surface area contributed by atoms with Crippen molar-refractivity contribution in [2.24, 2.45) is 11.1 Å². The Hall–Kier alpha value is -1.91. The van der Waals surface area contributed by atoms with Crippen LogP contribution in [0.15, 0.2) is 42.5 Å². The zero-order valence-corrected chi connectivity index (χ0v) is 15.5. The van der Waals surface area contributed by atoms with Crippen molar-refractivity contribution in [2.75, 3.05) is 19.6 Å². The minimum Gasteiger partial charge on any atom is -0.348 e. The first kappa shape index (κ1) is 17.9. The molecule has 4 heteroatoms. The number of rotatable bonds is 4. The molecule has 2 aromatic carbocycles. The summed E-state index contributed by atoms with van der Waals surface area (Å²) in [6.07, 6.45) is 0.945. The fraction of sp³-hybridized carbons (Fsp3) is 0.476. The quantitative estimate of drug-likeness (QED) is 0.900. The molecule has 0 spiro atoms. The van der Waals surface area contributed by atoms with Crippen molar-refractivity contribution in [3.63, 3.8) is 0 Å². The smallest absolute Gasteiger partial charge is 0.234 e. The minimum atomic E-state index is -0.00263. The normalized spacial score (nSPS) is 21.8. The number of carbonyl (C=O) groups excluding carboxylic acids is 1. The van der Waals surface area contributed by atoms with E-state index in [4.69, 9.17) is 5.73 Å². The van der Waals surface area contributed by atoms with Gasteiger partial charge in [-0.15, -0.1) is 0 Å². The topological polar surface area (TPSA) is 58.4 Å². The van der Waals surface area contributed by atoms with Crippen LogP contribution in [0.5, 0.6) is 0 Å². The van der Waals surface area contributed by atoms with Crippen LogP contribution in [-0.4, -0.2) is 36.5 Å². The molecule has 3 N–H and O–H groups in total. The lowest BCUT2D eigenvalue weighted by molar-refractivity contribution is -0.123. The molecule has 1 saturated heterocycles. The molecule has 25 heavy (non-hydrogen) atoms. The first-order chi connectivity index (χ1) is 11.8. The Labute approximate surface area is 150 Å². The van der Waals surface area contributed by atoms with Crippen LogP contribution in [-0.2, 0) is 4.79 Å². The maximum atomic E-state index is 12.5. The second-order valence-electron chi connectivity index (χ2n) is 7.99. The van der Waals surface area contributed by atoms with Crippen molar-refractivity contribution in [1.82, 2.24) is 10.2 Å². The molecule has 2 atom stereocenters. The molecule has 1 amide bonds. The van der Waals surface area contributed by atoms with Gasteiger partial charge in [0.2, 0.25) is 5.91 Å². The fourth-order valence-corrected chi connectivity index (χ4v) is 3.67. The van der Waals surface area contributed by atoms with E-state index in [1.165, 1.54) is 10.8 Å². The highest BCUT2D eigenvalue weighted by Crippen LogP contribution is 2.27. The lowest BCUT2D eigenvalue weighted by atomic mass is 9.80. The van der Waals surface area contributed by atoms with Gasteiger partial charge in [0, 0.05) is 19.1 Å². The average molecular weight is 339 g/mol. The van der Waals surface area contributed by atoms with Crippen molar-refractivity contribution < 1.29 is 4.79 Å². The van der Waals surface area contributed by atoms with Gasteiger partial charge in [-0.3, -0.25) is 9.69 Å². The molecule has 1 aliphatic heterocycles. The summed E-state index contributed by atoms with van der Waals surface area (Å²) in [6, 6.07) is 14.9. The average Bonchev–Trinajstić information content (AvgIpc) is 2.57. The summed E-state index contributed by atoms with van der Waals surface area (Å²) in [5.74, 6) is 0.0759. The zero-order chi connectivity index (χ0) is 18.0. The highest BCUT2D eigenvalue weighted by molar-refractivity contribution is 5.83. The second kappa shape index (κ2) is 7.14. The van der Waals surface area contributed by atoms with Crippen LogP contribution < -0.4 is 11.1 Å². The molecule has 0 radical (unpaired) electrons. The summed E-state index contributed by atoms with van der Waals surface area (Å²) in [5, 5.41) is 5.56. The molecule has 1 heterocycles. The highest BCUT2D eigenvalue weighted by Gasteiger charge is 2.33. The lowest BCUT2D eigenvalue weighted by Gasteiger charge is -2.42. The monoisotopic (exact) mass is 339 g/mol. The molecule has 4 nitrogen and oxygen atoms in total. The van der Waals surface area contributed by atoms with Crippen LogP contribution in [0.2, 0.25) is 0 Å². The predicted octanol–water partition coefficient (Wildman–Crippen LogP) is 3.08. The number of nitrogens with two attached hydrogens (primary N) is 1. The molecule has 0 aliphatic carbocycles.